The standard InChI is InChI=1S/C13H15BrN2O2/c1-7-4-11(8(2)3-10(7)14)16-6-9(13(15)18)5-12(16)17/h3-4,9H,5-6H2,1-2H3,(H2,15,18)/t9-/m0/s1. The Bertz CT molecular complexity index is 528. The Balaban J connectivity index is 2.35. The molecule has 1 aliphatic rings. The molecule has 1 saturated heterocycles. The highest BCUT2D eigenvalue weighted by molar-refractivity contribution is 9.10. The SMILES string of the molecule is Cc1cc(N2C[C@@H](C(N)=O)CC2=O)c(C)cc1Br. The number of amides is 2. The van der Waals surface area contributed by atoms with Crippen molar-refractivity contribution in [2.75, 3.05) is 11.4 Å². The molecule has 1 aromatic rings. The smallest absolute Gasteiger partial charge is 0.227 e. The molecule has 1 aromatic carbocycles. The molecule has 0 radical (unpaired) electrons. The Morgan fingerprint density at radius 3 is 2.61 bits per heavy atom. The van der Waals surface area contributed by atoms with Gasteiger partial charge in [0.2, 0.25) is 11.8 Å². The van der Waals surface area contributed by atoms with E-state index in [4.69, 9.17) is 5.73 Å². The van der Waals surface area contributed by atoms with Crippen LogP contribution in [0.3, 0.4) is 0 Å². The highest BCUT2D eigenvalue weighted by Crippen LogP contribution is 2.31. The second-order valence-electron chi connectivity index (χ2n) is 4.70. The van der Waals surface area contributed by atoms with Gasteiger partial charge in [0, 0.05) is 23.1 Å². The number of nitrogens with two attached hydrogens (primary N) is 1. The topological polar surface area (TPSA) is 63.4 Å². The van der Waals surface area contributed by atoms with Crippen molar-refractivity contribution in [2.45, 2.75) is 20.3 Å². The number of carbonyl (C=O) groups is 2. The van der Waals surface area contributed by atoms with Crippen LogP contribution in [-0.4, -0.2) is 18.4 Å². The fourth-order valence-electron chi connectivity index (χ4n) is 2.19. The lowest BCUT2D eigenvalue weighted by Crippen LogP contribution is -2.28. The van der Waals surface area contributed by atoms with E-state index in [1.54, 1.807) is 4.90 Å². The number of nitrogens with zero attached hydrogens (tertiary/aromatic N) is 1. The normalized spacial score (nSPS) is 19.4. The van der Waals surface area contributed by atoms with Gasteiger partial charge in [0.25, 0.3) is 0 Å². The zero-order chi connectivity index (χ0) is 13.4. The molecule has 0 aromatic heterocycles. The predicted molar refractivity (Wildman–Crippen MR) is 73.3 cm³/mol. The molecule has 0 saturated carbocycles. The first-order chi connectivity index (χ1) is 8.40. The highest BCUT2D eigenvalue weighted by atomic mass is 79.9. The number of carbonyl (C=O) groups excluding carboxylic acids is 2. The van der Waals surface area contributed by atoms with Gasteiger partial charge in [0.05, 0.1) is 5.92 Å². The summed E-state index contributed by atoms with van der Waals surface area (Å²) in [5.74, 6) is -0.818. The van der Waals surface area contributed by atoms with Gasteiger partial charge in [0.1, 0.15) is 0 Å². The van der Waals surface area contributed by atoms with Crippen molar-refractivity contribution < 1.29 is 9.59 Å². The molecule has 1 aliphatic heterocycles. The second-order valence-corrected chi connectivity index (χ2v) is 5.55. The maximum Gasteiger partial charge on any atom is 0.227 e. The average molecular weight is 311 g/mol. The van der Waals surface area contributed by atoms with E-state index in [9.17, 15) is 9.59 Å². The van der Waals surface area contributed by atoms with Crippen molar-refractivity contribution in [3.05, 3.63) is 27.7 Å². The van der Waals surface area contributed by atoms with E-state index in [0.717, 1.165) is 21.3 Å². The molecular formula is C13H15BrN2O2. The first-order valence-electron chi connectivity index (χ1n) is 5.76. The third-order valence-corrected chi connectivity index (χ3v) is 4.15. The summed E-state index contributed by atoms with van der Waals surface area (Å²) in [7, 11) is 0. The van der Waals surface area contributed by atoms with E-state index in [1.165, 1.54) is 0 Å². The quantitative estimate of drug-likeness (QED) is 0.907. The Hall–Kier alpha value is -1.36. The highest BCUT2D eigenvalue weighted by Gasteiger charge is 2.34. The number of halogens is 1. The number of hydrogen-bond donors (Lipinski definition) is 1. The van der Waals surface area contributed by atoms with Crippen LogP contribution in [0.25, 0.3) is 0 Å². The second kappa shape index (κ2) is 4.72. The van der Waals surface area contributed by atoms with Crippen molar-refractivity contribution >= 4 is 33.4 Å². The van der Waals surface area contributed by atoms with E-state index in [0.29, 0.717) is 6.54 Å². The van der Waals surface area contributed by atoms with Gasteiger partial charge in [-0.15, -0.1) is 0 Å². The van der Waals surface area contributed by atoms with Crippen LogP contribution in [0.2, 0.25) is 0 Å². The van der Waals surface area contributed by atoms with E-state index in [-0.39, 0.29) is 18.2 Å². The number of hydrogen-bond acceptors (Lipinski definition) is 2. The van der Waals surface area contributed by atoms with Crippen LogP contribution < -0.4 is 10.6 Å². The third kappa shape index (κ3) is 2.27. The largest absolute Gasteiger partial charge is 0.369 e. The Morgan fingerprint density at radius 1 is 1.39 bits per heavy atom. The minimum absolute atomic E-state index is 0.0383. The summed E-state index contributed by atoms with van der Waals surface area (Å²) in [6.07, 6.45) is 0.212. The number of benzene rings is 1. The monoisotopic (exact) mass is 310 g/mol. The molecule has 1 fully saturated rings. The molecular weight excluding hydrogens is 296 g/mol. The molecule has 96 valence electrons. The van der Waals surface area contributed by atoms with Gasteiger partial charge >= 0.3 is 0 Å². The van der Waals surface area contributed by atoms with Gasteiger partial charge in [-0.25, -0.2) is 0 Å². The number of aryl methyl sites for hydroxylation is 2. The van der Waals surface area contributed by atoms with Crippen LogP contribution >= 0.6 is 15.9 Å². The van der Waals surface area contributed by atoms with Crippen LogP contribution in [-0.2, 0) is 9.59 Å². The molecule has 2 rings (SSSR count). The van der Waals surface area contributed by atoms with Crippen LogP contribution in [0.1, 0.15) is 17.5 Å². The van der Waals surface area contributed by atoms with Gasteiger partial charge in [-0.05, 0) is 37.1 Å². The van der Waals surface area contributed by atoms with E-state index >= 15 is 0 Å². The lowest BCUT2D eigenvalue weighted by molar-refractivity contribution is -0.123. The molecule has 5 heteroatoms. The average Bonchev–Trinajstić information content (AvgIpc) is 2.66. The van der Waals surface area contributed by atoms with Gasteiger partial charge in [0.15, 0.2) is 0 Å². The molecule has 2 N–H and O–H groups in total. The molecule has 1 atom stereocenters. The summed E-state index contributed by atoms with van der Waals surface area (Å²) >= 11 is 3.46. The maximum absolute atomic E-state index is 11.9. The van der Waals surface area contributed by atoms with Crippen molar-refractivity contribution in [1.29, 1.82) is 0 Å². The molecule has 0 aliphatic carbocycles. The summed E-state index contributed by atoms with van der Waals surface area (Å²) in [6.45, 7) is 4.31. The van der Waals surface area contributed by atoms with Gasteiger partial charge in [-0.3, -0.25) is 9.59 Å². The summed E-state index contributed by atoms with van der Waals surface area (Å²) < 4.78 is 1.02. The van der Waals surface area contributed by atoms with Crippen molar-refractivity contribution in [1.82, 2.24) is 0 Å². The molecule has 0 spiro atoms. The number of rotatable bonds is 2. The lowest BCUT2D eigenvalue weighted by Gasteiger charge is -2.20. The van der Waals surface area contributed by atoms with Crippen molar-refractivity contribution in [3.8, 4) is 0 Å². The zero-order valence-electron chi connectivity index (χ0n) is 10.4. The van der Waals surface area contributed by atoms with Gasteiger partial charge in [-0.1, -0.05) is 15.9 Å². The van der Waals surface area contributed by atoms with Crippen molar-refractivity contribution in [2.24, 2.45) is 11.7 Å². The van der Waals surface area contributed by atoms with Gasteiger partial charge < -0.3 is 10.6 Å². The molecule has 0 bridgehead atoms. The lowest BCUT2D eigenvalue weighted by atomic mass is 10.1. The minimum Gasteiger partial charge on any atom is -0.369 e. The molecule has 18 heavy (non-hydrogen) atoms. The Kier molecular flexibility index (Phi) is 3.43. The maximum atomic E-state index is 11.9. The molecule has 0 unspecified atom stereocenters. The summed E-state index contributed by atoms with van der Waals surface area (Å²) in [6, 6.07) is 3.94. The van der Waals surface area contributed by atoms with E-state index in [1.807, 2.05) is 26.0 Å². The Labute approximate surface area is 114 Å². The van der Waals surface area contributed by atoms with Crippen LogP contribution in [0, 0.1) is 19.8 Å². The Morgan fingerprint density at radius 2 is 2.06 bits per heavy atom. The number of primary amides is 1. The first kappa shape index (κ1) is 13.1. The van der Waals surface area contributed by atoms with Crippen LogP contribution in [0.15, 0.2) is 16.6 Å². The minimum atomic E-state index is -0.405. The number of anilines is 1. The molecule has 4 nitrogen and oxygen atoms in total. The summed E-state index contributed by atoms with van der Waals surface area (Å²) in [5, 5.41) is 0. The molecule has 2 amide bonds. The molecule has 1 heterocycles. The van der Waals surface area contributed by atoms with Crippen LogP contribution in [0.4, 0.5) is 5.69 Å². The summed E-state index contributed by atoms with van der Waals surface area (Å²) in [4.78, 5) is 24.8. The van der Waals surface area contributed by atoms with E-state index < -0.39 is 5.91 Å². The van der Waals surface area contributed by atoms with E-state index in [2.05, 4.69) is 15.9 Å². The fraction of sp³-hybridized carbons (Fsp3) is 0.385. The zero-order valence-corrected chi connectivity index (χ0v) is 12.0. The fourth-order valence-corrected chi connectivity index (χ4v) is 2.65. The predicted octanol–water partition coefficient (Wildman–Crippen LogP) is 1.90. The summed E-state index contributed by atoms with van der Waals surface area (Å²) in [5.41, 5.74) is 8.20. The van der Waals surface area contributed by atoms with Crippen molar-refractivity contribution in [3.63, 3.8) is 0 Å². The first-order valence-corrected chi connectivity index (χ1v) is 6.56. The van der Waals surface area contributed by atoms with Gasteiger partial charge in [-0.2, -0.15) is 0 Å². The van der Waals surface area contributed by atoms with Crippen LogP contribution in [0.5, 0.6) is 0 Å². The third-order valence-electron chi connectivity index (χ3n) is 3.30.